The molecule has 0 radical (unpaired) electrons. The van der Waals surface area contributed by atoms with Crippen LogP contribution in [0.1, 0.15) is 10.4 Å². The van der Waals surface area contributed by atoms with Crippen molar-refractivity contribution in [2.45, 2.75) is 0 Å². The number of benzene rings is 3. The van der Waals surface area contributed by atoms with E-state index in [0.717, 1.165) is 0 Å². The maximum absolute atomic E-state index is 12.6. The quantitative estimate of drug-likeness (QED) is 0.563. The molecule has 4 rings (SSSR count). The molecule has 0 atom stereocenters. The van der Waals surface area contributed by atoms with E-state index in [9.17, 15) is 9.59 Å². The number of nitrogens with zero attached hydrogens (tertiary/aromatic N) is 1. The van der Waals surface area contributed by atoms with E-state index >= 15 is 0 Å². The van der Waals surface area contributed by atoms with Crippen LogP contribution in [-0.4, -0.2) is 31.6 Å². The largest absolute Gasteiger partial charge is 0.492 e. The Morgan fingerprint density at radius 3 is 2.61 bits per heavy atom. The first-order valence-corrected chi connectivity index (χ1v) is 10.3. The fourth-order valence-corrected chi connectivity index (χ4v) is 3.50. The molecule has 0 aliphatic carbocycles. The first-order valence-electron chi connectivity index (χ1n) is 9.53. The van der Waals surface area contributed by atoms with Crippen molar-refractivity contribution in [3.8, 4) is 11.5 Å². The number of carbonyl (C=O) groups excluding carboxylic acids is 2. The van der Waals surface area contributed by atoms with E-state index in [1.165, 1.54) is 0 Å². The monoisotopic (exact) mass is 456 g/mol. The van der Waals surface area contributed by atoms with Gasteiger partial charge in [0, 0.05) is 10.7 Å². The lowest BCUT2D eigenvalue weighted by atomic mass is 10.1. The molecule has 3 aromatic carbocycles. The predicted molar refractivity (Wildman–Crippen MR) is 121 cm³/mol. The van der Waals surface area contributed by atoms with E-state index in [1.807, 2.05) is 0 Å². The molecule has 0 saturated carbocycles. The van der Waals surface area contributed by atoms with E-state index < -0.39 is 0 Å². The highest BCUT2D eigenvalue weighted by atomic mass is 35.5. The molecule has 0 fully saturated rings. The number of halogens is 2. The molecule has 0 aromatic heterocycles. The minimum absolute atomic E-state index is 0.0563. The molecule has 6 nitrogen and oxygen atoms in total. The van der Waals surface area contributed by atoms with Crippen molar-refractivity contribution >= 4 is 46.4 Å². The molecule has 0 spiro atoms. The van der Waals surface area contributed by atoms with Crippen LogP contribution in [0, 0.1) is 0 Å². The lowest BCUT2D eigenvalue weighted by molar-refractivity contribution is -0.121. The van der Waals surface area contributed by atoms with E-state index in [4.69, 9.17) is 32.7 Å². The molecule has 0 unspecified atom stereocenters. The molecule has 1 aliphatic rings. The van der Waals surface area contributed by atoms with Crippen LogP contribution in [0.4, 0.5) is 11.4 Å². The molecule has 1 heterocycles. The van der Waals surface area contributed by atoms with Crippen LogP contribution < -0.4 is 19.7 Å². The number of ether oxygens (including phenoxy) is 2. The van der Waals surface area contributed by atoms with Crippen molar-refractivity contribution < 1.29 is 19.1 Å². The van der Waals surface area contributed by atoms with Gasteiger partial charge >= 0.3 is 0 Å². The van der Waals surface area contributed by atoms with Gasteiger partial charge in [-0.05, 0) is 54.6 Å². The lowest BCUT2D eigenvalue weighted by Crippen LogP contribution is -2.41. The number of hydrogen-bond acceptors (Lipinski definition) is 4. The maximum Gasteiger partial charge on any atom is 0.265 e. The summed E-state index contributed by atoms with van der Waals surface area (Å²) in [6, 6.07) is 18.9. The molecule has 0 bridgehead atoms. The topological polar surface area (TPSA) is 67.9 Å². The van der Waals surface area contributed by atoms with Gasteiger partial charge in [0.05, 0.1) is 22.8 Å². The zero-order chi connectivity index (χ0) is 21.8. The fourth-order valence-electron chi connectivity index (χ4n) is 3.15. The van der Waals surface area contributed by atoms with Crippen molar-refractivity contribution in [3.05, 3.63) is 82.3 Å². The summed E-state index contributed by atoms with van der Waals surface area (Å²) < 4.78 is 11.2. The zero-order valence-electron chi connectivity index (χ0n) is 16.3. The zero-order valence-corrected chi connectivity index (χ0v) is 17.8. The Morgan fingerprint density at radius 1 is 1.06 bits per heavy atom. The highest BCUT2D eigenvalue weighted by Gasteiger charge is 2.26. The Kier molecular flexibility index (Phi) is 6.30. The van der Waals surface area contributed by atoms with Gasteiger partial charge in [0.15, 0.2) is 6.61 Å². The summed E-state index contributed by atoms with van der Waals surface area (Å²) in [5.74, 6) is 0.681. The number of fused-ring (bicyclic) bond motifs is 1. The minimum atomic E-state index is -0.341. The number of nitrogens with one attached hydrogen (secondary N) is 1. The molecule has 158 valence electrons. The van der Waals surface area contributed by atoms with Crippen LogP contribution >= 0.6 is 23.2 Å². The molecular formula is C23H18Cl2N2O4. The fraction of sp³-hybridized carbons (Fsp3) is 0.130. The summed E-state index contributed by atoms with van der Waals surface area (Å²) >= 11 is 12.0. The highest BCUT2D eigenvalue weighted by Crippen LogP contribution is 2.34. The summed E-state index contributed by atoms with van der Waals surface area (Å²) in [6.45, 7) is 0.544. The molecule has 8 heteroatoms. The third-order valence-electron chi connectivity index (χ3n) is 4.68. The highest BCUT2D eigenvalue weighted by molar-refractivity contribution is 6.34. The first kappa shape index (κ1) is 21.0. The standard InChI is InChI=1S/C23H18Cl2N2O4/c24-15-5-8-17(9-6-15)30-12-11-27-20-13-16(7-10-21(20)31-14-22(27)28)26-23(29)18-3-1-2-4-19(18)25/h1-10,13H,11-12,14H2,(H,26,29). The number of anilines is 2. The van der Waals surface area contributed by atoms with Gasteiger partial charge in [0.2, 0.25) is 0 Å². The Hall–Kier alpha value is -3.22. The van der Waals surface area contributed by atoms with E-state index in [2.05, 4.69) is 5.32 Å². The number of rotatable bonds is 6. The molecule has 3 aromatic rings. The van der Waals surface area contributed by atoms with Gasteiger partial charge in [-0.2, -0.15) is 0 Å². The van der Waals surface area contributed by atoms with Gasteiger partial charge in [0.25, 0.3) is 11.8 Å². The van der Waals surface area contributed by atoms with E-state index in [-0.39, 0.29) is 25.0 Å². The van der Waals surface area contributed by atoms with Crippen molar-refractivity contribution in [2.75, 3.05) is 30.0 Å². The average Bonchev–Trinajstić information content (AvgIpc) is 2.77. The molecule has 1 aliphatic heterocycles. The van der Waals surface area contributed by atoms with Gasteiger partial charge in [-0.25, -0.2) is 0 Å². The summed E-state index contributed by atoms with van der Waals surface area (Å²) in [5.41, 5.74) is 1.45. The summed E-state index contributed by atoms with van der Waals surface area (Å²) in [5, 5.41) is 3.79. The van der Waals surface area contributed by atoms with Crippen molar-refractivity contribution in [3.63, 3.8) is 0 Å². The number of carbonyl (C=O) groups is 2. The second kappa shape index (κ2) is 9.29. The third-order valence-corrected chi connectivity index (χ3v) is 5.26. The van der Waals surface area contributed by atoms with Gasteiger partial charge in [-0.3, -0.25) is 9.59 Å². The molecule has 1 N–H and O–H groups in total. The third kappa shape index (κ3) is 4.93. The Bertz CT molecular complexity index is 1120. The van der Waals surface area contributed by atoms with Crippen LogP contribution in [0.3, 0.4) is 0 Å². The summed E-state index contributed by atoms with van der Waals surface area (Å²) in [7, 11) is 0. The smallest absolute Gasteiger partial charge is 0.265 e. The SMILES string of the molecule is O=C(Nc1ccc2c(c1)N(CCOc1ccc(Cl)cc1)C(=O)CO2)c1ccccc1Cl. The number of amides is 2. The minimum Gasteiger partial charge on any atom is -0.492 e. The molecule has 2 amide bonds. The van der Waals surface area contributed by atoms with Gasteiger partial charge in [-0.15, -0.1) is 0 Å². The van der Waals surface area contributed by atoms with Crippen LogP contribution in [0.15, 0.2) is 66.7 Å². The predicted octanol–water partition coefficient (Wildman–Crippen LogP) is 5.05. The van der Waals surface area contributed by atoms with Crippen LogP contribution in [0.25, 0.3) is 0 Å². The second-order valence-electron chi connectivity index (χ2n) is 6.75. The van der Waals surface area contributed by atoms with E-state index in [1.54, 1.807) is 71.6 Å². The summed E-state index contributed by atoms with van der Waals surface area (Å²) in [4.78, 5) is 26.6. The maximum atomic E-state index is 12.6. The van der Waals surface area contributed by atoms with Crippen LogP contribution in [0.2, 0.25) is 10.0 Å². The number of hydrogen-bond donors (Lipinski definition) is 1. The molecule has 0 saturated heterocycles. The van der Waals surface area contributed by atoms with Crippen molar-refractivity contribution in [1.82, 2.24) is 0 Å². The van der Waals surface area contributed by atoms with Gasteiger partial charge in [-0.1, -0.05) is 35.3 Å². The Labute approximate surface area is 189 Å². The average molecular weight is 457 g/mol. The Morgan fingerprint density at radius 2 is 1.84 bits per heavy atom. The van der Waals surface area contributed by atoms with Gasteiger partial charge < -0.3 is 19.7 Å². The lowest BCUT2D eigenvalue weighted by Gasteiger charge is -2.29. The van der Waals surface area contributed by atoms with Crippen molar-refractivity contribution in [2.24, 2.45) is 0 Å². The normalized spacial score (nSPS) is 12.7. The van der Waals surface area contributed by atoms with Crippen molar-refractivity contribution in [1.29, 1.82) is 0 Å². The molecular weight excluding hydrogens is 439 g/mol. The first-order chi connectivity index (χ1) is 15.0. The van der Waals surface area contributed by atoms with Crippen LogP contribution in [-0.2, 0) is 4.79 Å². The molecule has 31 heavy (non-hydrogen) atoms. The Balaban J connectivity index is 1.48. The van der Waals surface area contributed by atoms with Crippen LogP contribution in [0.5, 0.6) is 11.5 Å². The van der Waals surface area contributed by atoms with Gasteiger partial charge in [0.1, 0.15) is 18.1 Å². The van der Waals surface area contributed by atoms with E-state index in [0.29, 0.717) is 45.0 Å². The summed E-state index contributed by atoms with van der Waals surface area (Å²) in [6.07, 6.45) is 0. The second-order valence-corrected chi connectivity index (χ2v) is 7.60.